The van der Waals surface area contributed by atoms with Crippen molar-refractivity contribution in [3.8, 4) is 11.8 Å². The molecular formula is C14H16BrN. The molecule has 1 aromatic carbocycles. The van der Waals surface area contributed by atoms with Crippen molar-refractivity contribution in [1.29, 1.82) is 0 Å². The minimum absolute atomic E-state index is 0.662. The Balaban J connectivity index is 1.79. The second-order valence-corrected chi connectivity index (χ2v) is 5.14. The van der Waals surface area contributed by atoms with Gasteiger partial charge in [0, 0.05) is 10.5 Å². The van der Waals surface area contributed by atoms with Gasteiger partial charge in [-0.3, -0.25) is 0 Å². The lowest BCUT2D eigenvalue weighted by atomic mass is 9.76. The molecule has 0 aliphatic heterocycles. The smallest absolute Gasteiger partial charge is 0.0578 e. The highest BCUT2D eigenvalue weighted by Gasteiger charge is 2.29. The van der Waals surface area contributed by atoms with Gasteiger partial charge in [-0.1, -0.05) is 34.0 Å². The van der Waals surface area contributed by atoms with E-state index in [9.17, 15) is 0 Å². The molecule has 0 spiro atoms. The maximum Gasteiger partial charge on any atom is 0.0578 e. The van der Waals surface area contributed by atoms with Gasteiger partial charge >= 0.3 is 0 Å². The van der Waals surface area contributed by atoms with Gasteiger partial charge in [-0.25, -0.2) is 0 Å². The Hall–Kier alpha value is -0.780. The van der Waals surface area contributed by atoms with Crippen molar-refractivity contribution in [3.05, 3.63) is 34.3 Å². The van der Waals surface area contributed by atoms with Gasteiger partial charge < -0.3 is 5.32 Å². The first kappa shape index (κ1) is 11.7. The van der Waals surface area contributed by atoms with Crippen LogP contribution in [0.4, 0.5) is 0 Å². The Morgan fingerprint density at radius 1 is 1.31 bits per heavy atom. The average Bonchev–Trinajstić information content (AvgIpc) is 2.23. The van der Waals surface area contributed by atoms with Crippen molar-refractivity contribution in [1.82, 2.24) is 5.32 Å². The fraction of sp³-hybridized carbons (Fsp3) is 0.429. The van der Waals surface area contributed by atoms with Gasteiger partial charge in [0.2, 0.25) is 0 Å². The second-order valence-electron chi connectivity index (χ2n) is 4.22. The van der Waals surface area contributed by atoms with Crippen LogP contribution in [-0.2, 0) is 0 Å². The summed E-state index contributed by atoms with van der Waals surface area (Å²) in [6.07, 6.45) is 2.49. The van der Waals surface area contributed by atoms with Gasteiger partial charge in [0.1, 0.15) is 0 Å². The summed E-state index contributed by atoms with van der Waals surface area (Å²) in [6, 6.07) is 9.35. The van der Waals surface area contributed by atoms with E-state index in [2.05, 4.69) is 57.4 Å². The Morgan fingerprint density at radius 3 is 2.62 bits per heavy atom. The summed E-state index contributed by atoms with van der Waals surface area (Å²) in [5.74, 6) is 6.68. The summed E-state index contributed by atoms with van der Waals surface area (Å²) in [6.45, 7) is 2.71. The molecule has 0 bridgehead atoms. The zero-order valence-corrected chi connectivity index (χ0v) is 11.0. The fourth-order valence-electron chi connectivity index (χ4n) is 2.08. The number of benzene rings is 1. The third kappa shape index (κ3) is 2.87. The topological polar surface area (TPSA) is 12.0 Å². The fourth-order valence-corrected chi connectivity index (χ4v) is 2.34. The van der Waals surface area contributed by atoms with Crippen molar-refractivity contribution >= 4 is 15.9 Å². The summed E-state index contributed by atoms with van der Waals surface area (Å²) in [7, 11) is 0. The molecule has 84 valence electrons. The minimum Gasteiger partial charge on any atom is -0.303 e. The molecule has 0 unspecified atom stereocenters. The standard InChI is InChI=1S/C14H16BrN/c1-2-3-8-16-14-9-12(10-14)11-4-6-13(15)7-5-11/h4-7,12,14,16H,8-10H2,1H3. The van der Waals surface area contributed by atoms with E-state index in [1.807, 2.05) is 6.92 Å². The molecule has 0 heterocycles. The van der Waals surface area contributed by atoms with Crippen LogP contribution in [0, 0.1) is 11.8 Å². The van der Waals surface area contributed by atoms with Crippen LogP contribution in [0.15, 0.2) is 28.7 Å². The second kappa shape index (κ2) is 5.52. The zero-order valence-electron chi connectivity index (χ0n) is 9.46. The van der Waals surface area contributed by atoms with E-state index in [-0.39, 0.29) is 0 Å². The largest absolute Gasteiger partial charge is 0.303 e. The Morgan fingerprint density at radius 2 is 2.00 bits per heavy atom. The molecule has 0 amide bonds. The monoisotopic (exact) mass is 277 g/mol. The first-order valence-electron chi connectivity index (χ1n) is 5.68. The summed E-state index contributed by atoms with van der Waals surface area (Å²) in [4.78, 5) is 0. The number of hydrogen-bond donors (Lipinski definition) is 1. The van der Waals surface area contributed by atoms with Gasteiger partial charge in [0.15, 0.2) is 0 Å². The molecule has 0 radical (unpaired) electrons. The van der Waals surface area contributed by atoms with Crippen LogP contribution in [0.1, 0.15) is 31.2 Å². The normalized spacial score (nSPS) is 23.1. The Labute approximate surface area is 106 Å². The van der Waals surface area contributed by atoms with Crippen LogP contribution in [0.5, 0.6) is 0 Å². The molecule has 1 nitrogen and oxygen atoms in total. The number of rotatable bonds is 3. The van der Waals surface area contributed by atoms with E-state index in [4.69, 9.17) is 0 Å². The summed E-state index contributed by atoms with van der Waals surface area (Å²) in [5.41, 5.74) is 1.46. The van der Waals surface area contributed by atoms with E-state index in [1.54, 1.807) is 0 Å². The summed E-state index contributed by atoms with van der Waals surface area (Å²) >= 11 is 3.46. The molecule has 1 fully saturated rings. The van der Waals surface area contributed by atoms with Crippen molar-refractivity contribution in [2.45, 2.75) is 31.7 Å². The summed E-state index contributed by atoms with van der Waals surface area (Å²) < 4.78 is 1.16. The van der Waals surface area contributed by atoms with Crippen LogP contribution >= 0.6 is 15.9 Å². The highest BCUT2D eigenvalue weighted by atomic mass is 79.9. The first-order chi connectivity index (χ1) is 7.79. The molecule has 0 saturated heterocycles. The van der Waals surface area contributed by atoms with E-state index < -0.39 is 0 Å². The molecule has 2 heteroatoms. The highest BCUT2D eigenvalue weighted by molar-refractivity contribution is 9.10. The first-order valence-corrected chi connectivity index (χ1v) is 6.47. The lowest BCUT2D eigenvalue weighted by Crippen LogP contribution is -2.40. The van der Waals surface area contributed by atoms with Gasteiger partial charge in [0.25, 0.3) is 0 Å². The predicted molar refractivity (Wildman–Crippen MR) is 71.4 cm³/mol. The molecule has 2 rings (SSSR count). The van der Waals surface area contributed by atoms with Crippen molar-refractivity contribution in [2.24, 2.45) is 0 Å². The van der Waals surface area contributed by atoms with Crippen molar-refractivity contribution in [2.75, 3.05) is 6.54 Å². The predicted octanol–water partition coefficient (Wildman–Crippen LogP) is 3.31. The van der Waals surface area contributed by atoms with Crippen molar-refractivity contribution in [3.63, 3.8) is 0 Å². The highest BCUT2D eigenvalue weighted by Crippen LogP contribution is 2.37. The minimum atomic E-state index is 0.662. The zero-order chi connectivity index (χ0) is 11.4. The SMILES string of the molecule is CC#CCNC1CC(c2ccc(Br)cc2)C1. The molecule has 16 heavy (non-hydrogen) atoms. The quantitative estimate of drug-likeness (QED) is 0.836. The van der Waals surface area contributed by atoms with E-state index in [1.165, 1.54) is 18.4 Å². The lowest BCUT2D eigenvalue weighted by Gasteiger charge is -2.36. The van der Waals surface area contributed by atoms with E-state index in [0.29, 0.717) is 6.04 Å². The number of nitrogens with one attached hydrogen (secondary N) is 1. The maximum absolute atomic E-state index is 3.46. The van der Waals surface area contributed by atoms with Crippen LogP contribution in [0.2, 0.25) is 0 Å². The van der Waals surface area contributed by atoms with Crippen LogP contribution < -0.4 is 5.32 Å². The molecule has 1 saturated carbocycles. The van der Waals surface area contributed by atoms with Crippen LogP contribution in [-0.4, -0.2) is 12.6 Å². The van der Waals surface area contributed by atoms with Crippen LogP contribution in [0.25, 0.3) is 0 Å². The molecule has 1 N–H and O–H groups in total. The number of halogens is 1. The molecule has 1 aromatic rings. The van der Waals surface area contributed by atoms with Gasteiger partial charge in [0.05, 0.1) is 6.54 Å². The molecule has 1 aliphatic rings. The van der Waals surface area contributed by atoms with Crippen LogP contribution in [0.3, 0.4) is 0 Å². The van der Waals surface area contributed by atoms with E-state index >= 15 is 0 Å². The van der Waals surface area contributed by atoms with Gasteiger partial charge in [-0.2, -0.15) is 0 Å². The Kier molecular flexibility index (Phi) is 4.04. The Bertz CT molecular complexity index is 393. The third-order valence-corrected chi connectivity index (χ3v) is 3.66. The molecule has 0 atom stereocenters. The molecule has 0 aromatic heterocycles. The number of hydrogen-bond acceptors (Lipinski definition) is 1. The lowest BCUT2D eigenvalue weighted by molar-refractivity contribution is 0.301. The van der Waals surface area contributed by atoms with E-state index in [0.717, 1.165) is 16.9 Å². The maximum atomic E-state index is 3.46. The van der Waals surface area contributed by atoms with Gasteiger partial charge in [-0.15, -0.1) is 5.92 Å². The molecule has 1 aliphatic carbocycles. The third-order valence-electron chi connectivity index (χ3n) is 3.14. The van der Waals surface area contributed by atoms with Crippen molar-refractivity contribution < 1.29 is 0 Å². The van der Waals surface area contributed by atoms with Gasteiger partial charge in [-0.05, 0) is 43.4 Å². The average molecular weight is 278 g/mol. The summed E-state index contributed by atoms with van der Waals surface area (Å²) in [5, 5.41) is 3.45. The molecular weight excluding hydrogens is 262 g/mol.